The van der Waals surface area contributed by atoms with E-state index < -0.39 is 0 Å². The summed E-state index contributed by atoms with van der Waals surface area (Å²) in [5.41, 5.74) is 9.75. The number of hydrazone groups is 1. The van der Waals surface area contributed by atoms with Gasteiger partial charge in [0.1, 0.15) is 0 Å². The quantitative estimate of drug-likeness (QED) is 0.424. The summed E-state index contributed by atoms with van der Waals surface area (Å²) in [7, 11) is 0. The number of imidazole rings is 1. The Morgan fingerprint density at radius 2 is 2.04 bits per heavy atom. The van der Waals surface area contributed by atoms with E-state index in [9.17, 15) is 0 Å². The number of aromatic amines is 1. The molecule has 0 spiro atoms. The molecule has 2 heterocycles. The summed E-state index contributed by atoms with van der Waals surface area (Å²) >= 11 is 0. The van der Waals surface area contributed by atoms with Crippen molar-refractivity contribution in [3.63, 3.8) is 0 Å². The van der Waals surface area contributed by atoms with E-state index in [-0.39, 0.29) is 0 Å². The Balaban J connectivity index is 1.65. The molecule has 126 valence electrons. The van der Waals surface area contributed by atoms with Crippen LogP contribution in [0.2, 0.25) is 0 Å². The number of aryl methyl sites for hydroxylation is 2. The zero-order valence-corrected chi connectivity index (χ0v) is 14.7. The van der Waals surface area contributed by atoms with E-state index in [1.165, 1.54) is 22.2 Å². The lowest BCUT2D eigenvalue weighted by molar-refractivity contribution is 0.769. The molecule has 2 aromatic heterocycles. The Labute approximate surface area is 146 Å². The zero-order chi connectivity index (χ0) is 17.4. The first-order valence-corrected chi connectivity index (χ1v) is 8.50. The lowest BCUT2D eigenvalue weighted by Crippen LogP contribution is -1.98. The minimum Gasteiger partial charge on any atom is -0.344 e. The number of fused-ring (bicyclic) bond motifs is 2. The van der Waals surface area contributed by atoms with Crippen LogP contribution in [0.3, 0.4) is 0 Å². The Morgan fingerprint density at radius 3 is 2.88 bits per heavy atom. The molecule has 4 aromatic rings. The maximum atomic E-state index is 4.51. The van der Waals surface area contributed by atoms with Crippen molar-refractivity contribution in [3.8, 4) is 0 Å². The fraction of sp³-hybridized carbons (Fsp3) is 0.200. The zero-order valence-electron chi connectivity index (χ0n) is 14.7. The molecule has 0 aliphatic rings. The second-order valence-electron chi connectivity index (χ2n) is 6.24. The van der Waals surface area contributed by atoms with Crippen LogP contribution in [0.5, 0.6) is 0 Å². The summed E-state index contributed by atoms with van der Waals surface area (Å²) in [4.78, 5) is 7.76. The minimum absolute atomic E-state index is 0.647. The van der Waals surface area contributed by atoms with Crippen molar-refractivity contribution in [2.24, 2.45) is 5.10 Å². The SMILES string of the molecule is CCn1c(C)c(/C=N\Nc2nc3ccc(C)cc3[nH]2)c2ccccc21. The number of rotatable bonds is 4. The molecule has 0 unspecified atom stereocenters. The summed E-state index contributed by atoms with van der Waals surface area (Å²) < 4.78 is 2.31. The summed E-state index contributed by atoms with van der Waals surface area (Å²) in [6.07, 6.45) is 1.88. The number of para-hydroxylation sites is 1. The molecule has 0 bridgehead atoms. The number of anilines is 1. The molecule has 2 N–H and O–H groups in total. The highest BCUT2D eigenvalue weighted by Crippen LogP contribution is 2.24. The van der Waals surface area contributed by atoms with Crippen LogP contribution >= 0.6 is 0 Å². The molecule has 2 aromatic carbocycles. The fourth-order valence-electron chi connectivity index (χ4n) is 3.36. The van der Waals surface area contributed by atoms with Crippen LogP contribution in [0.15, 0.2) is 47.6 Å². The average Bonchev–Trinajstić information content (AvgIpc) is 3.13. The standard InChI is InChI=1S/C20H21N5/c1-4-25-14(3)16(15-7-5-6-8-19(15)25)12-21-24-20-22-17-10-9-13(2)11-18(17)23-20/h5-12H,4H2,1-3H3,(H2,22,23,24)/b21-12-. The Hall–Kier alpha value is -3.08. The smallest absolute Gasteiger partial charge is 0.222 e. The molecular weight excluding hydrogens is 310 g/mol. The molecule has 5 heteroatoms. The van der Waals surface area contributed by atoms with Crippen LogP contribution in [0.4, 0.5) is 5.95 Å². The van der Waals surface area contributed by atoms with Crippen molar-refractivity contribution in [2.45, 2.75) is 27.3 Å². The number of benzene rings is 2. The van der Waals surface area contributed by atoms with Gasteiger partial charge in [-0.25, -0.2) is 10.4 Å². The second-order valence-corrected chi connectivity index (χ2v) is 6.24. The molecule has 0 fully saturated rings. The van der Waals surface area contributed by atoms with Crippen LogP contribution in [-0.4, -0.2) is 20.7 Å². The van der Waals surface area contributed by atoms with E-state index in [0.717, 1.165) is 23.1 Å². The highest BCUT2D eigenvalue weighted by atomic mass is 15.3. The van der Waals surface area contributed by atoms with Crippen molar-refractivity contribution in [3.05, 3.63) is 59.3 Å². The molecule has 0 amide bonds. The number of nitrogens with zero attached hydrogens (tertiary/aromatic N) is 3. The van der Waals surface area contributed by atoms with Crippen LogP contribution in [0, 0.1) is 13.8 Å². The number of H-pyrrole nitrogens is 1. The van der Waals surface area contributed by atoms with Crippen LogP contribution in [0.25, 0.3) is 21.9 Å². The van der Waals surface area contributed by atoms with Gasteiger partial charge in [0, 0.05) is 28.7 Å². The molecule has 0 saturated carbocycles. The molecule has 0 aliphatic heterocycles. The van der Waals surface area contributed by atoms with Crippen molar-refractivity contribution in [1.29, 1.82) is 0 Å². The van der Waals surface area contributed by atoms with E-state index in [2.05, 4.69) is 82.2 Å². The lowest BCUT2D eigenvalue weighted by Gasteiger charge is -2.03. The molecule has 5 nitrogen and oxygen atoms in total. The molecule has 0 saturated heterocycles. The maximum absolute atomic E-state index is 4.51. The fourth-order valence-corrected chi connectivity index (χ4v) is 3.36. The van der Waals surface area contributed by atoms with Gasteiger partial charge >= 0.3 is 0 Å². The third-order valence-corrected chi connectivity index (χ3v) is 4.60. The van der Waals surface area contributed by atoms with Gasteiger partial charge < -0.3 is 9.55 Å². The largest absolute Gasteiger partial charge is 0.344 e. The summed E-state index contributed by atoms with van der Waals surface area (Å²) in [6.45, 7) is 7.30. The van der Waals surface area contributed by atoms with Crippen LogP contribution in [-0.2, 0) is 6.54 Å². The third-order valence-electron chi connectivity index (χ3n) is 4.60. The summed E-state index contributed by atoms with van der Waals surface area (Å²) in [6, 6.07) is 14.6. The van der Waals surface area contributed by atoms with Gasteiger partial charge in [0.15, 0.2) is 0 Å². The van der Waals surface area contributed by atoms with Crippen molar-refractivity contribution < 1.29 is 0 Å². The first kappa shape index (κ1) is 15.4. The van der Waals surface area contributed by atoms with Gasteiger partial charge in [-0.3, -0.25) is 0 Å². The van der Waals surface area contributed by atoms with E-state index >= 15 is 0 Å². The average molecular weight is 331 g/mol. The van der Waals surface area contributed by atoms with Crippen molar-refractivity contribution in [2.75, 3.05) is 5.43 Å². The van der Waals surface area contributed by atoms with Gasteiger partial charge in [-0.2, -0.15) is 5.10 Å². The topological polar surface area (TPSA) is 58.0 Å². The van der Waals surface area contributed by atoms with Gasteiger partial charge in [0.25, 0.3) is 0 Å². The van der Waals surface area contributed by atoms with Gasteiger partial charge in [0.05, 0.1) is 17.2 Å². The van der Waals surface area contributed by atoms with E-state index in [4.69, 9.17) is 0 Å². The van der Waals surface area contributed by atoms with Crippen molar-refractivity contribution in [1.82, 2.24) is 14.5 Å². The van der Waals surface area contributed by atoms with Gasteiger partial charge in [0.2, 0.25) is 5.95 Å². The second kappa shape index (κ2) is 6.09. The first-order chi connectivity index (χ1) is 12.2. The Morgan fingerprint density at radius 1 is 1.20 bits per heavy atom. The molecule has 0 radical (unpaired) electrons. The van der Waals surface area contributed by atoms with Crippen LogP contribution < -0.4 is 5.43 Å². The highest BCUT2D eigenvalue weighted by Gasteiger charge is 2.10. The van der Waals surface area contributed by atoms with E-state index in [1.807, 2.05) is 12.3 Å². The highest BCUT2D eigenvalue weighted by molar-refractivity contribution is 6.01. The molecular formula is C20H21N5. The predicted octanol–water partition coefficient (Wildman–Crippen LogP) is 4.60. The number of aromatic nitrogens is 3. The summed E-state index contributed by atoms with van der Waals surface area (Å²) in [5, 5.41) is 5.62. The van der Waals surface area contributed by atoms with E-state index in [1.54, 1.807) is 0 Å². The lowest BCUT2D eigenvalue weighted by atomic mass is 10.1. The minimum atomic E-state index is 0.647. The third kappa shape index (κ3) is 2.67. The Bertz CT molecular complexity index is 1080. The van der Waals surface area contributed by atoms with Gasteiger partial charge in [-0.1, -0.05) is 24.3 Å². The van der Waals surface area contributed by atoms with Crippen molar-refractivity contribution >= 4 is 34.1 Å². The maximum Gasteiger partial charge on any atom is 0.222 e. The molecule has 4 rings (SSSR count). The number of hydrogen-bond acceptors (Lipinski definition) is 3. The molecule has 25 heavy (non-hydrogen) atoms. The summed E-state index contributed by atoms with van der Waals surface area (Å²) in [5.74, 6) is 0.647. The molecule has 0 aliphatic carbocycles. The van der Waals surface area contributed by atoms with Gasteiger partial charge in [-0.05, 0) is 44.5 Å². The van der Waals surface area contributed by atoms with Crippen LogP contribution in [0.1, 0.15) is 23.7 Å². The predicted molar refractivity (Wildman–Crippen MR) is 104 cm³/mol. The van der Waals surface area contributed by atoms with E-state index in [0.29, 0.717) is 5.95 Å². The number of hydrogen-bond donors (Lipinski definition) is 2. The van der Waals surface area contributed by atoms with Gasteiger partial charge in [-0.15, -0.1) is 0 Å². The Kier molecular flexibility index (Phi) is 3.76. The monoisotopic (exact) mass is 331 g/mol. The first-order valence-electron chi connectivity index (χ1n) is 8.50. The number of nitrogens with one attached hydrogen (secondary N) is 2. The molecule has 0 atom stereocenters. The normalized spacial score (nSPS) is 11.8.